The first-order valence-corrected chi connectivity index (χ1v) is 5.75. The molecule has 1 N–H and O–H groups in total. The van der Waals surface area contributed by atoms with Crippen molar-refractivity contribution in [2.75, 3.05) is 11.9 Å². The average Bonchev–Trinajstić information content (AvgIpc) is 2.47. The van der Waals surface area contributed by atoms with Crippen LogP contribution in [0.25, 0.3) is 0 Å². The lowest BCUT2D eigenvalue weighted by Crippen LogP contribution is -2.07. The van der Waals surface area contributed by atoms with Crippen molar-refractivity contribution in [3.8, 4) is 18.2 Å². The maximum Gasteiger partial charge on any atom is 0.338 e. The molecule has 6 nitrogen and oxygen atoms in total. The third-order valence-corrected chi connectivity index (χ3v) is 2.26. The Morgan fingerprint density at radius 3 is 2.43 bits per heavy atom. The first-order valence-electron chi connectivity index (χ1n) is 5.75. The van der Waals surface area contributed by atoms with Crippen molar-refractivity contribution in [3.63, 3.8) is 0 Å². The van der Waals surface area contributed by atoms with E-state index in [-0.39, 0.29) is 23.6 Å². The van der Waals surface area contributed by atoms with E-state index < -0.39 is 17.4 Å². The van der Waals surface area contributed by atoms with Crippen molar-refractivity contribution in [2.45, 2.75) is 6.92 Å². The third-order valence-electron chi connectivity index (χ3n) is 2.26. The van der Waals surface area contributed by atoms with Crippen LogP contribution in [0, 0.1) is 39.8 Å². The summed E-state index contributed by atoms with van der Waals surface area (Å²) in [5, 5.41) is 28.7. The van der Waals surface area contributed by atoms with Crippen molar-refractivity contribution in [1.82, 2.24) is 0 Å². The number of halogens is 1. The zero-order valence-electron chi connectivity index (χ0n) is 11.0. The SMILES string of the molecule is CCOC(=O)c1cc(F)cc(NC(C#N)=C(C#N)C#N)c1. The smallest absolute Gasteiger partial charge is 0.338 e. The van der Waals surface area contributed by atoms with Gasteiger partial charge in [-0.2, -0.15) is 15.8 Å². The molecule has 0 atom stereocenters. The summed E-state index contributed by atoms with van der Waals surface area (Å²) < 4.78 is 18.2. The number of hydrogen-bond acceptors (Lipinski definition) is 6. The fourth-order valence-electron chi connectivity index (χ4n) is 1.42. The number of rotatable bonds is 4. The van der Waals surface area contributed by atoms with Crippen LogP contribution in [0.1, 0.15) is 17.3 Å². The molecule has 0 unspecified atom stereocenters. The van der Waals surface area contributed by atoms with Crippen molar-refractivity contribution < 1.29 is 13.9 Å². The van der Waals surface area contributed by atoms with Crippen LogP contribution >= 0.6 is 0 Å². The number of hydrogen-bond donors (Lipinski definition) is 1. The number of carbonyl (C=O) groups excluding carboxylic acids is 1. The summed E-state index contributed by atoms with van der Waals surface area (Å²) in [5.41, 5.74) is -0.774. The van der Waals surface area contributed by atoms with Crippen molar-refractivity contribution in [3.05, 3.63) is 40.8 Å². The highest BCUT2D eigenvalue weighted by Crippen LogP contribution is 2.17. The predicted molar refractivity (Wildman–Crippen MR) is 69.8 cm³/mol. The first-order chi connectivity index (χ1) is 10.0. The van der Waals surface area contributed by atoms with Crippen molar-refractivity contribution in [2.24, 2.45) is 0 Å². The lowest BCUT2D eigenvalue weighted by Gasteiger charge is -2.07. The number of allylic oxidation sites excluding steroid dienone is 2. The molecule has 1 rings (SSSR count). The van der Waals surface area contributed by atoms with Crippen LogP contribution in [0.3, 0.4) is 0 Å². The van der Waals surface area contributed by atoms with Crippen LogP contribution in [0.2, 0.25) is 0 Å². The lowest BCUT2D eigenvalue weighted by atomic mass is 10.1. The fourth-order valence-corrected chi connectivity index (χ4v) is 1.42. The highest BCUT2D eigenvalue weighted by molar-refractivity contribution is 5.90. The number of carbonyl (C=O) groups is 1. The minimum absolute atomic E-state index is 0.0490. The molecule has 0 bridgehead atoms. The van der Waals surface area contributed by atoms with E-state index >= 15 is 0 Å². The molecule has 0 aliphatic carbocycles. The van der Waals surface area contributed by atoms with E-state index in [0.717, 1.165) is 12.1 Å². The van der Waals surface area contributed by atoms with E-state index in [1.54, 1.807) is 25.1 Å². The molecule has 0 radical (unpaired) electrons. The number of anilines is 1. The van der Waals surface area contributed by atoms with Gasteiger partial charge in [0.05, 0.1) is 12.2 Å². The van der Waals surface area contributed by atoms with Gasteiger partial charge in [-0.1, -0.05) is 0 Å². The number of ether oxygens (including phenoxy) is 1. The van der Waals surface area contributed by atoms with E-state index in [1.165, 1.54) is 6.07 Å². The second-order valence-corrected chi connectivity index (χ2v) is 3.66. The molecule has 0 saturated carbocycles. The van der Waals surface area contributed by atoms with Crippen LogP contribution in [0.15, 0.2) is 29.5 Å². The largest absolute Gasteiger partial charge is 0.462 e. The molecule has 0 saturated heterocycles. The van der Waals surface area contributed by atoms with Gasteiger partial charge < -0.3 is 10.1 Å². The quantitative estimate of drug-likeness (QED) is 0.670. The number of nitriles is 3. The van der Waals surface area contributed by atoms with E-state index in [9.17, 15) is 9.18 Å². The van der Waals surface area contributed by atoms with Gasteiger partial charge in [0.1, 0.15) is 29.7 Å². The Labute approximate surface area is 120 Å². The summed E-state index contributed by atoms with van der Waals surface area (Å²) in [6.45, 7) is 1.74. The van der Waals surface area contributed by atoms with Crippen LogP contribution < -0.4 is 5.32 Å². The number of nitrogens with one attached hydrogen (secondary N) is 1. The van der Waals surface area contributed by atoms with E-state index in [4.69, 9.17) is 20.5 Å². The molecule has 104 valence electrons. The molecule has 7 heteroatoms. The Bertz CT molecular complexity index is 704. The van der Waals surface area contributed by atoms with Crippen LogP contribution in [-0.4, -0.2) is 12.6 Å². The molecular weight excluding hydrogens is 275 g/mol. The molecule has 1 aromatic rings. The summed E-state index contributed by atoms with van der Waals surface area (Å²) in [6, 6.07) is 7.97. The monoisotopic (exact) mass is 284 g/mol. The molecule has 0 aromatic heterocycles. The Morgan fingerprint density at radius 2 is 1.90 bits per heavy atom. The summed E-state index contributed by atoms with van der Waals surface area (Å²) in [5.74, 6) is -1.45. The zero-order valence-corrected chi connectivity index (χ0v) is 11.0. The summed E-state index contributed by atoms with van der Waals surface area (Å²) in [6.07, 6.45) is 0. The Kier molecular flexibility index (Phi) is 5.43. The Hall–Kier alpha value is -3.37. The van der Waals surface area contributed by atoms with E-state index in [0.29, 0.717) is 0 Å². The normalized spacial score (nSPS) is 8.71. The molecule has 0 fully saturated rings. The standard InChI is InChI=1S/C14H9FN4O2/c1-2-21-14(20)9-3-11(15)5-12(4-9)19-13(8-18)10(6-16)7-17/h3-5,19H,2H2,1H3. The molecule has 21 heavy (non-hydrogen) atoms. The Balaban J connectivity index is 3.20. The minimum Gasteiger partial charge on any atom is -0.462 e. The number of benzene rings is 1. The second kappa shape index (κ2) is 7.28. The third kappa shape index (κ3) is 4.05. The average molecular weight is 284 g/mol. The van der Waals surface area contributed by atoms with E-state index in [2.05, 4.69) is 5.32 Å². The van der Waals surface area contributed by atoms with Gasteiger partial charge in [-0.3, -0.25) is 0 Å². The van der Waals surface area contributed by atoms with Crippen LogP contribution in [0.4, 0.5) is 10.1 Å². The zero-order chi connectivity index (χ0) is 15.8. The molecule has 0 aliphatic rings. The minimum atomic E-state index is -0.726. The highest BCUT2D eigenvalue weighted by Gasteiger charge is 2.12. The molecule has 0 amide bonds. The molecular formula is C14H9FN4O2. The Morgan fingerprint density at radius 1 is 1.24 bits per heavy atom. The summed E-state index contributed by atoms with van der Waals surface area (Å²) in [7, 11) is 0. The summed E-state index contributed by atoms with van der Waals surface area (Å²) >= 11 is 0. The number of esters is 1. The van der Waals surface area contributed by atoms with Gasteiger partial charge in [0.25, 0.3) is 0 Å². The van der Waals surface area contributed by atoms with E-state index in [1.807, 2.05) is 0 Å². The van der Waals surface area contributed by atoms with Gasteiger partial charge in [0, 0.05) is 5.69 Å². The highest BCUT2D eigenvalue weighted by atomic mass is 19.1. The molecule has 0 spiro atoms. The topological polar surface area (TPSA) is 110 Å². The molecule has 1 aromatic carbocycles. The van der Waals surface area contributed by atoms with Crippen LogP contribution in [0.5, 0.6) is 0 Å². The summed E-state index contributed by atoms with van der Waals surface area (Å²) in [4.78, 5) is 11.6. The second-order valence-electron chi connectivity index (χ2n) is 3.66. The maximum atomic E-state index is 13.5. The van der Waals surface area contributed by atoms with Gasteiger partial charge in [-0.05, 0) is 25.1 Å². The molecule has 0 aliphatic heterocycles. The molecule has 0 heterocycles. The number of nitrogens with zero attached hydrogens (tertiary/aromatic N) is 3. The maximum absolute atomic E-state index is 13.5. The van der Waals surface area contributed by atoms with Gasteiger partial charge in [-0.15, -0.1) is 0 Å². The predicted octanol–water partition coefficient (Wildman–Crippen LogP) is 2.24. The van der Waals surface area contributed by atoms with Crippen molar-refractivity contribution in [1.29, 1.82) is 15.8 Å². The van der Waals surface area contributed by atoms with Gasteiger partial charge in [0.2, 0.25) is 0 Å². The van der Waals surface area contributed by atoms with Gasteiger partial charge >= 0.3 is 5.97 Å². The van der Waals surface area contributed by atoms with Crippen LogP contribution in [-0.2, 0) is 4.74 Å². The van der Waals surface area contributed by atoms with Gasteiger partial charge in [0.15, 0.2) is 5.57 Å². The van der Waals surface area contributed by atoms with Crippen molar-refractivity contribution >= 4 is 11.7 Å². The lowest BCUT2D eigenvalue weighted by molar-refractivity contribution is 0.0526. The van der Waals surface area contributed by atoms with Gasteiger partial charge in [-0.25, -0.2) is 9.18 Å². The first kappa shape index (κ1) is 15.7. The fraction of sp³-hybridized carbons (Fsp3) is 0.143.